The van der Waals surface area contributed by atoms with Crippen LogP contribution in [0.3, 0.4) is 0 Å². The summed E-state index contributed by atoms with van der Waals surface area (Å²) in [6.45, 7) is 4.32. The molecule has 0 aromatic carbocycles. The lowest BCUT2D eigenvalue weighted by atomic mass is 9.96. The number of aliphatic hydroxyl groups is 1. The van der Waals surface area contributed by atoms with Crippen LogP contribution in [0.4, 0.5) is 0 Å². The molecular weight excluding hydrogens is 248 g/mol. The molecule has 4 heteroatoms. The Bertz CT molecular complexity index is 395. The zero-order valence-corrected chi connectivity index (χ0v) is 12.1. The van der Waals surface area contributed by atoms with Crippen molar-refractivity contribution in [2.24, 2.45) is 5.92 Å². The van der Waals surface area contributed by atoms with Crippen molar-refractivity contribution in [2.45, 2.75) is 65.0 Å². The molecule has 0 aliphatic heterocycles. The van der Waals surface area contributed by atoms with Crippen LogP contribution in [0.1, 0.15) is 63.3 Å². The van der Waals surface area contributed by atoms with Crippen molar-refractivity contribution in [1.29, 1.82) is 0 Å². The van der Waals surface area contributed by atoms with E-state index in [4.69, 9.17) is 11.6 Å². The van der Waals surface area contributed by atoms with Crippen LogP contribution in [0.25, 0.3) is 0 Å². The molecule has 102 valence electrons. The van der Waals surface area contributed by atoms with Crippen LogP contribution in [0.2, 0.25) is 5.15 Å². The maximum Gasteiger partial charge on any atom is 0.133 e. The largest absolute Gasteiger partial charge is 0.391 e. The molecule has 18 heavy (non-hydrogen) atoms. The minimum Gasteiger partial charge on any atom is -0.391 e. The quantitative estimate of drug-likeness (QED) is 0.905. The average Bonchev–Trinajstić information content (AvgIpc) is 2.66. The first kappa shape index (κ1) is 13.9. The van der Waals surface area contributed by atoms with Crippen molar-refractivity contribution in [3.63, 3.8) is 0 Å². The van der Waals surface area contributed by atoms with Gasteiger partial charge in [-0.15, -0.1) is 0 Å². The molecule has 1 fully saturated rings. The Kier molecular flexibility index (Phi) is 4.68. The molecule has 0 bridgehead atoms. The van der Waals surface area contributed by atoms with Gasteiger partial charge in [-0.05, 0) is 25.2 Å². The summed E-state index contributed by atoms with van der Waals surface area (Å²) in [5, 5.41) is 14.8. The third-order valence-electron chi connectivity index (χ3n) is 3.71. The van der Waals surface area contributed by atoms with Crippen molar-refractivity contribution < 1.29 is 5.11 Å². The zero-order chi connectivity index (χ0) is 13.1. The topological polar surface area (TPSA) is 38.0 Å². The summed E-state index contributed by atoms with van der Waals surface area (Å²) < 4.78 is 1.96. The Morgan fingerprint density at radius 1 is 1.33 bits per heavy atom. The summed E-state index contributed by atoms with van der Waals surface area (Å²) in [7, 11) is 0. The van der Waals surface area contributed by atoms with E-state index in [2.05, 4.69) is 18.9 Å². The molecule has 1 aromatic heterocycles. The predicted octanol–water partition coefficient (Wildman–Crippen LogP) is 3.73. The van der Waals surface area contributed by atoms with Gasteiger partial charge in [0.1, 0.15) is 5.15 Å². The number of hydrogen-bond donors (Lipinski definition) is 1. The van der Waals surface area contributed by atoms with E-state index in [1.165, 1.54) is 19.3 Å². The number of aliphatic hydroxyl groups excluding tert-OH is 1. The van der Waals surface area contributed by atoms with E-state index < -0.39 is 0 Å². The van der Waals surface area contributed by atoms with Gasteiger partial charge in [0.2, 0.25) is 0 Å². The summed E-state index contributed by atoms with van der Waals surface area (Å²) in [6.07, 6.45) is 7.04. The van der Waals surface area contributed by atoms with Crippen LogP contribution in [0.15, 0.2) is 0 Å². The SMILES string of the molecule is CC(C)Cc1nn(C2CCCCC2)c(Cl)c1CO. The smallest absolute Gasteiger partial charge is 0.133 e. The van der Waals surface area contributed by atoms with Gasteiger partial charge in [-0.2, -0.15) is 5.10 Å². The van der Waals surface area contributed by atoms with Crippen LogP contribution in [-0.4, -0.2) is 14.9 Å². The Balaban J connectivity index is 2.27. The Morgan fingerprint density at radius 2 is 2.00 bits per heavy atom. The molecule has 1 saturated carbocycles. The van der Waals surface area contributed by atoms with Crippen LogP contribution >= 0.6 is 11.6 Å². The predicted molar refractivity (Wildman–Crippen MR) is 73.8 cm³/mol. The molecule has 0 unspecified atom stereocenters. The number of aromatic nitrogens is 2. The van der Waals surface area contributed by atoms with Gasteiger partial charge in [0, 0.05) is 5.56 Å². The fourth-order valence-electron chi connectivity index (χ4n) is 2.77. The first-order chi connectivity index (χ1) is 8.63. The molecule has 1 heterocycles. The summed E-state index contributed by atoms with van der Waals surface area (Å²) in [5.41, 5.74) is 1.80. The van der Waals surface area contributed by atoms with Crippen molar-refractivity contribution in [3.8, 4) is 0 Å². The second-order valence-corrected chi connectivity index (χ2v) is 6.07. The molecule has 0 amide bonds. The lowest BCUT2D eigenvalue weighted by molar-refractivity contribution is 0.279. The van der Waals surface area contributed by atoms with Crippen molar-refractivity contribution in [3.05, 3.63) is 16.4 Å². The van der Waals surface area contributed by atoms with Gasteiger partial charge in [-0.1, -0.05) is 44.7 Å². The van der Waals surface area contributed by atoms with E-state index in [0.29, 0.717) is 17.1 Å². The maximum absolute atomic E-state index is 9.49. The highest BCUT2D eigenvalue weighted by Gasteiger charge is 2.23. The number of halogens is 1. The standard InChI is InChI=1S/C14H23ClN2O/c1-10(2)8-13-12(9-18)14(15)17(16-13)11-6-4-3-5-7-11/h10-11,18H,3-9H2,1-2H3. The van der Waals surface area contributed by atoms with Gasteiger partial charge in [-0.3, -0.25) is 4.68 Å². The Hall–Kier alpha value is -0.540. The molecule has 1 aliphatic rings. The maximum atomic E-state index is 9.49. The van der Waals surface area contributed by atoms with Crippen LogP contribution in [0, 0.1) is 5.92 Å². The molecule has 2 rings (SSSR count). The van der Waals surface area contributed by atoms with Crippen LogP contribution in [0.5, 0.6) is 0 Å². The van der Waals surface area contributed by atoms with E-state index in [0.717, 1.165) is 30.5 Å². The van der Waals surface area contributed by atoms with E-state index in [1.807, 2.05) is 4.68 Å². The van der Waals surface area contributed by atoms with Gasteiger partial charge in [0.05, 0.1) is 18.3 Å². The summed E-state index contributed by atoms with van der Waals surface area (Å²) >= 11 is 6.39. The zero-order valence-electron chi connectivity index (χ0n) is 11.3. The molecule has 0 spiro atoms. The highest BCUT2D eigenvalue weighted by Crippen LogP contribution is 2.33. The third kappa shape index (κ3) is 2.89. The summed E-state index contributed by atoms with van der Waals surface area (Å²) in [6, 6.07) is 0.428. The van der Waals surface area contributed by atoms with E-state index in [9.17, 15) is 5.11 Å². The second-order valence-electron chi connectivity index (χ2n) is 5.71. The van der Waals surface area contributed by atoms with Gasteiger partial charge >= 0.3 is 0 Å². The molecular formula is C14H23ClN2O. The lowest BCUT2D eigenvalue weighted by Crippen LogP contribution is -2.14. The first-order valence-electron chi connectivity index (χ1n) is 7.00. The van der Waals surface area contributed by atoms with Gasteiger partial charge < -0.3 is 5.11 Å². The third-order valence-corrected chi connectivity index (χ3v) is 4.11. The van der Waals surface area contributed by atoms with Crippen LogP contribution < -0.4 is 0 Å². The number of hydrogen-bond acceptors (Lipinski definition) is 2. The van der Waals surface area contributed by atoms with Crippen molar-refractivity contribution in [2.75, 3.05) is 0 Å². The first-order valence-corrected chi connectivity index (χ1v) is 7.38. The van der Waals surface area contributed by atoms with Gasteiger partial charge in [-0.25, -0.2) is 0 Å². The molecule has 0 saturated heterocycles. The monoisotopic (exact) mass is 270 g/mol. The molecule has 0 atom stereocenters. The van der Waals surface area contributed by atoms with Crippen LogP contribution in [-0.2, 0) is 13.0 Å². The molecule has 1 aromatic rings. The molecule has 1 aliphatic carbocycles. The summed E-state index contributed by atoms with van der Waals surface area (Å²) in [5.74, 6) is 0.529. The Labute approximate surface area is 114 Å². The fraction of sp³-hybridized carbons (Fsp3) is 0.786. The Morgan fingerprint density at radius 3 is 2.56 bits per heavy atom. The van der Waals surface area contributed by atoms with E-state index >= 15 is 0 Å². The summed E-state index contributed by atoms with van der Waals surface area (Å²) in [4.78, 5) is 0. The van der Waals surface area contributed by atoms with E-state index in [-0.39, 0.29) is 6.61 Å². The highest BCUT2D eigenvalue weighted by molar-refractivity contribution is 6.30. The van der Waals surface area contributed by atoms with Crippen molar-refractivity contribution in [1.82, 2.24) is 9.78 Å². The number of rotatable bonds is 4. The average molecular weight is 271 g/mol. The molecule has 0 radical (unpaired) electrons. The fourth-order valence-corrected chi connectivity index (χ4v) is 3.11. The lowest BCUT2D eigenvalue weighted by Gasteiger charge is -2.22. The minimum atomic E-state index is -0.00634. The number of nitrogens with zero attached hydrogens (tertiary/aromatic N) is 2. The molecule has 3 nitrogen and oxygen atoms in total. The molecule has 1 N–H and O–H groups in total. The van der Waals surface area contributed by atoms with E-state index in [1.54, 1.807) is 0 Å². The van der Waals surface area contributed by atoms with Gasteiger partial charge in [0.15, 0.2) is 0 Å². The second kappa shape index (κ2) is 6.07. The normalized spacial score (nSPS) is 17.6. The van der Waals surface area contributed by atoms with Gasteiger partial charge in [0.25, 0.3) is 0 Å². The van der Waals surface area contributed by atoms with Crippen molar-refractivity contribution >= 4 is 11.6 Å². The minimum absolute atomic E-state index is 0.00634. The highest BCUT2D eigenvalue weighted by atomic mass is 35.5.